The molecule has 0 spiro atoms. The van der Waals surface area contributed by atoms with Crippen LogP contribution >= 0.6 is 0 Å². The number of nitrogens with two attached hydrogens (primary N) is 2. The van der Waals surface area contributed by atoms with E-state index >= 15 is 0 Å². The van der Waals surface area contributed by atoms with E-state index in [0.717, 1.165) is 11.1 Å². The maximum atomic E-state index is 9.50. The van der Waals surface area contributed by atoms with E-state index in [0.29, 0.717) is 47.2 Å². The van der Waals surface area contributed by atoms with Gasteiger partial charge in [-0.1, -0.05) is 63.2 Å². The van der Waals surface area contributed by atoms with Gasteiger partial charge in [0.05, 0.1) is 24.0 Å². The second-order valence-electron chi connectivity index (χ2n) is 9.89. The van der Waals surface area contributed by atoms with Gasteiger partial charge < -0.3 is 19.9 Å². The SMILES string of the molecule is CCOc1cccc(OC2=C(N)C(Cc3ccccc3)=NC(Oc3cc(C#N)ccc3C(C)(C)C)N2N)c1. The van der Waals surface area contributed by atoms with Crippen molar-refractivity contribution in [3.05, 3.63) is 101 Å². The molecule has 38 heavy (non-hydrogen) atoms. The summed E-state index contributed by atoms with van der Waals surface area (Å²) in [6, 6.07) is 24.7. The third kappa shape index (κ3) is 6.07. The van der Waals surface area contributed by atoms with Crippen molar-refractivity contribution in [3.8, 4) is 23.3 Å². The summed E-state index contributed by atoms with van der Waals surface area (Å²) in [5.74, 6) is 8.42. The van der Waals surface area contributed by atoms with E-state index in [-0.39, 0.29) is 11.3 Å². The zero-order chi connectivity index (χ0) is 27.3. The van der Waals surface area contributed by atoms with Gasteiger partial charge in [-0.2, -0.15) is 5.26 Å². The van der Waals surface area contributed by atoms with Crippen molar-refractivity contribution < 1.29 is 14.2 Å². The Balaban J connectivity index is 1.74. The minimum Gasteiger partial charge on any atom is -0.494 e. The van der Waals surface area contributed by atoms with E-state index in [1.807, 2.05) is 55.5 Å². The average Bonchev–Trinajstić information content (AvgIpc) is 2.89. The van der Waals surface area contributed by atoms with Crippen LogP contribution in [0.1, 0.15) is 44.4 Å². The number of allylic oxidation sites excluding steroid dienone is 1. The lowest BCUT2D eigenvalue weighted by molar-refractivity contribution is 0.0214. The molecular weight excluding hydrogens is 478 g/mol. The molecule has 1 heterocycles. The van der Waals surface area contributed by atoms with Gasteiger partial charge in [0.25, 0.3) is 6.35 Å². The zero-order valence-electron chi connectivity index (χ0n) is 22.1. The van der Waals surface area contributed by atoms with Crippen molar-refractivity contribution in [2.75, 3.05) is 6.61 Å². The van der Waals surface area contributed by atoms with E-state index < -0.39 is 6.35 Å². The van der Waals surface area contributed by atoms with Crippen LogP contribution in [-0.4, -0.2) is 23.7 Å². The van der Waals surface area contributed by atoms with Crippen molar-refractivity contribution in [2.24, 2.45) is 16.6 Å². The molecule has 0 radical (unpaired) electrons. The average molecular weight is 512 g/mol. The van der Waals surface area contributed by atoms with Crippen LogP contribution in [0.3, 0.4) is 0 Å². The van der Waals surface area contributed by atoms with Crippen LogP contribution < -0.4 is 25.8 Å². The summed E-state index contributed by atoms with van der Waals surface area (Å²) in [6.45, 7) is 8.66. The summed E-state index contributed by atoms with van der Waals surface area (Å²) >= 11 is 0. The van der Waals surface area contributed by atoms with Gasteiger partial charge in [-0.15, -0.1) is 0 Å². The molecule has 0 aliphatic carbocycles. The number of nitriles is 1. The van der Waals surface area contributed by atoms with Gasteiger partial charge in [-0.25, -0.2) is 15.8 Å². The van der Waals surface area contributed by atoms with Crippen LogP contribution in [0.4, 0.5) is 0 Å². The number of ether oxygens (including phenoxy) is 3. The van der Waals surface area contributed by atoms with Crippen LogP contribution in [0.15, 0.2) is 89.4 Å². The van der Waals surface area contributed by atoms with E-state index in [1.54, 1.807) is 24.3 Å². The Hall–Kier alpha value is -4.48. The second kappa shape index (κ2) is 11.3. The Bertz CT molecular complexity index is 1390. The predicted molar refractivity (Wildman–Crippen MR) is 147 cm³/mol. The van der Waals surface area contributed by atoms with Crippen LogP contribution in [0.2, 0.25) is 0 Å². The van der Waals surface area contributed by atoms with Crippen LogP contribution in [0, 0.1) is 11.3 Å². The molecule has 0 saturated carbocycles. The molecule has 196 valence electrons. The standard InChI is InChI=1S/C30H33N5O3/c1-5-36-22-12-9-13-23(18-22)37-28-27(32)25(16-20-10-7-6-8-11-20)34-29(35(28)33)38-26-17-21(19-31)14-15-24(26)30(2,3)4/h6-15,17-18,29H,5,16,32-33H2,1-4H3. The molecule has 1 aliphatic rings. The molecule has 0 fully saturated rings. The Morgan fingerprint density at radius 2 is 1.74 bits per heavy atom. The van der Waals surface area contributed by atoms with Crippen LogP contribution in [0.25, 0.3) is 0 Å². The monoisotopic (exact) mass is 511 g/mol. The number of aliphatic imine (C=N–C) groups is 1. The molecular formula is C30H33N5O3. The molecule has 0 saturated heterocycles. The lowest BCUT2D eigenvalue weighted by atomic mass is 9.86. The van der Waals surface area contributed by atoms with Crippen molar-refractivity contribution in [2.45, 2.75) is 45.9 Å². The maximum Gasteiger partial charge on any atom is 0.286 e. The summed E-state index contributed by atoms with van der Waals surface area (Å²) in [6.07, 6.45) is -0.530. The number of hydrazine groups is 1. The van der Waals surface area contributed by atoms with Crippen LogP contribution in [0.5, 0.6) is 17.2 Å². The summed E-state index contributed by atoms with van der Waals surface area (Å²) in [5.41, 5.74) is 9.63. The van der Waals surface area contributed by atoms with Gasteiger partial charge in [0.1, 0.15) is 22.9 Å². The highest BCUT2D eigenvalue weighted by molar-refractivity contribution is 6.01. The number of nitrogens with zero attached hydrogens (tertiary/aromatic N) is 3. The summed E-state index contributed by atoms with van der Waals surface area (Å²) in [4.78, 5) is 4.78. The van der Waals surface area contributed by atoms with E-state index in [1.165, 1.54) is 5.01 Å². The molecule has 0 amide bonds. The highest BCUT2D eigenvalue weighted by Gasteiger charge is 2.32. The topological polar surface area (TPSA) is 119 Å². The molecule has 3 aromatic rings. The fraction of sp³-hybridized carbons (Fsp3) is 0.267. The van der Waals surface area contributed by atoms with Crippen molar-refractivity contribution in [3.63, 3.8) is 0 Å². The van der Waals surface area contributed by atoms with Gasteiger partial charge >= 0.3 is 0 Å². The Morgan fingerprint density at radius 3 is 2.42 bits per heavy atom. The fourth-order valence-electron chi connectivity index (χ4n) is 4.08. The zero-order valence-corrected chi connectivity index (χ0v) is 22.1. The summed E-state index contributed by atoms with van der Waals surface area (Å²) < 4.78 is 18.2. The van der Waals surface area contributed by atoms with Crippen molar-refractivity contribution >= 4 is 5.71 Å². The van der Waals surface area contributed by atoms with Crippen molar-refractivity contribution in [1.29, 1.82) is 5.26 Å². The number of hydrogen-bond donors (Lipinski definition) is 2. The molecule has 8 heteroatoms. The quantitative estimate of drug-likeness (QED) is 0.409. The molecule has 3 aromatic carbocycles. The molecule has 4 rings (SSSR count). The predicted octanol–water partition coefficient (Wildman–Crippen LogP) is 5.00. The lowest BCUT2D eigenvalue weighted by Gasteiger charge is -2.34. The first-order valence-electron chi connectivity index (χ1n) is 12.5. The fourth-order valence-corrected chi connectivity index (χ4v) is 4.08. The Labute approximate surface area is 223 Å². The van der Waals surface area contributed by atoms with Crippen LogP contribution in [-0.2, 0) is 11.8 Å². The Kier molecular flexibility index (Phi) is 7.89. The number of hydrogen-bond acceptors (Lipinski definition) is 8. The van der Waals surface area contributed by atoms with Gasteiger partial charge in [0.15, 0.2) is 0 Å². The van der Waals surface area contributed by atoms with Gasteiger partial charge in [0, 0.05) is 12.5 Å². The molecule has 8 nitrogen and oxygen atoms in total. The molecule has 1 atom stereocenters. The van der Waals surface area contributed by atoms with E-state index in [2.05, 4.69) is 26.8 Å². The normalized spacial score (nSPS) is 15.5. The molecule has 0 aromatic heterocycles. The highest BCUT2D eigenvalue weighted by Crippen LogP contribution is 2.34. The van der Waals surface area contributed by atoms with E-state index in [4.69, 9.17) is 30.8 Å². The molecule has 1 aliphatic heterocycles. The Morgan fingerprint density at radius 1 is 1.00 bits per heavy atom. The summed E-state index contributed by atoms with van der Waals surface area (Å²) in [5, 5.41) is 10.8. The first-order valence-corrected chi connectivity index (χ1v) is 12.5. The largest absolute Gasteiger partial charge is 0.494 e. The third-order valence-electron chi connectivity index (χ3n) is 5.98. The molecule has 1 unspecified atom stereocenters. The molecule has 0 bridgehead atoms. The minimum atomic E-state index is -0.985. The smallest absolute Gasteiger partial charge is 0.286 e. The number of benzene rings is 3. The lowest BCUT2D eigenvalue weighted by Crippen LogP contribution is -2.49. The number of rotatable bonds is 8. The maximum absolute atomic E-state index is 9.50. The first kappa shape index (κ1) is 26.6. The third-order valence-corrected chi connectivity index (χ3v) is 5.98. The van der Waals surface area contributed by atoms with E-state index in [9.17, 15) is 5.26 Å². The molecule has 4 N–H and O–H groups in total. The van der Waals surface area contributed by atoms with Gasteiger partial charge in [0.2, 0.25) is 5.88 Å². The highest BCUT2D eigenvalue weighted by atomic mass is 16.5. The first-order chi connectivity index (χ1) is 18.2. The van der Waals surface area contributed by atoms with Gasteiger partial charge in [-0.3, -0.25) is 0 Å². The second-order valence-corrected chi connectivity index (χ2v) is 9.89. The van der Waals surface area contributed by atoms with Gasteiger partial charge in [-0.05, 0) is 47.7 Å². The van der Waals surface area contributed by atoms with Crippen molar-refractivity contribution in [1.82, 2.24) is 5.01 Å². The summed E-state index contributed by atoms with van der Waals surface area (Å²) in [7, 11) is 0. The minimum absolute atomic E-state index is 0.207.